The van der Waals surface area contributed by atoms with Gasteiger partial charge in [0.05, 0.1) is 11.7 Å². The summed E-state index contributed by atoms with van der Waals surface area (Å²) in [5.74, 6) is -0.0759. The number of ether oxygens (including phenoxy) is 1. The van der Waals surface area contributed by atoms with E-state index in [0.717, 1.165) is 40.7 Å². The number of carbonyl (C=O) groups excluding carboxylic acids is 2. The highest BCUT2D eigenvalue weighted by Crippen LogP contribution is 2.35. The van der Waals surface area contributed by atoms with Gasteiger partial charge in [0.25, 0.3) is 5.91 Å². The molecule has 39 heavy (non-hydrogen) atoms. The average molecular weight is 533 g/mol. The van der Waals surface area contributed by atoms with Crippen molar-refractivity contribution >= 4 is 12.0 Å². The largest absolute Gasteiger partial charge is 0.444 e. The zero-order valence-corrected chi connectivity index (χ0v) is 24.1. The number of likely N-dealkylation sites (tertiary alicyclic amines) is 1. The summed E-state index contributed by atoms with van der Waals surface area (Å²) in [5, 5.41) is 11.1. The van der Waals surface area contributed by atoms with Crippen LogP contribution in [0.2, 0.25) is 0 Å². The van der Waals surface area contributed by atoms with Crippen LogP contribution in [0.5, 0.6) is 0 Å². The second kappa shape index (κ2) is 11.2. The molecule has 9 heteroatoms. The maximum absolute atomic E-state index is 12.7. The quantitative estimate of drug-likeness (QED) is 0.469. The molecule has 4 rings (SSSR count). The molecule has 2 aromatic heterocycles. The molecule has 9 nitrogen and oxygen atoms in total. The number of aryl methyl sites for hydroxylation is 1. The molecule has 2 amide bonds. The Bertz CT molecular complexity index is 1330. The number of hydrogen-bond acceptors (Lipinski definition) is 6. The number of pyridine rings is 1. The number of amides is 2. The van der Waals surface area contributed by atoms with Gasteiger partial charge in [-0.1, -0.05) is 23.4 Å². The molecule has 0 bridgehead atoms. The molecule has 1 aromatic carbocycles. The van der Waals surface area contributed by atoms with Gasteiger partial charge in [-0.15, -0.1) is 5.10 Å². The van der Waals surface area contributed by atoms with Crippen molar-refractivity contribution in [3.05, 3.63) is 65.2 Å². The van der Waals surface area contributed by atoms with Crippen LogP contribution in [0.4, 0.5) is 4.79 Å². The van der Waals surface area contributed by atoms with Crippen molar-refractivity contribution in [3.63, 3.8) is 0 Å². The van der Waals surface area contributed by atoms with Crippen LogP contribution in [0.1, 0.15) is 87.5 Å². The summed E-state index contributed by atoms with van der Waals surface area (Å²) in [4.78, 5) is 31.6. The van der Waals surface area contributed by atoms with Crippen molar-refractivity contribution in [2.45, 2.75) is 84.9 Å². The maximum Gasteiger partial charge on any atom is 0.410 e. The molecule has 0 radical (unpaired) electrons. The molecule has 0 saturated carbocycles. The van der Waals surface area contributed by atoms with Crippen LogP contribution < -0.4 is 5.32 Å². The number of nitrogens with zero attached hydrogens (tertiary/aromatic N) is 5. The van der Waals surface area contributed by atoms with Gasteiger partial charge in [0.15, 0.2) is 5.69 Å². The topological polar surface area (TPSA) is 102 Å². The van der Waals surface area contributed by atoms with Crippen LogP contribution in [0.15, 0.2) is 42.9 Å². The lowest BCUT2D eigenvalue weighted by molar-refractivity contribution is 0.0198. The number of rotatable bonds is 5. The number of piperidine rings is 1. The molecule has 0 aliphatic carbocycles. The van der Waals surface area contributed by atoms with E-state index in [2.05, 4.69) is 38.8 Å². The summed E-state index contributed by atoms with van der Waals surface area (Å²) in [7, 11) is 0. The highest BCUT2D eigenvalue weighted by molar-refractivity contribution is 5.91. The summed E-state index contributed by atoms with van der Waals surface area (Å²) < 4.78 is 7.31. The summed E-state index contributed by atoms with van der Waals surface area (Å²) in [6.07, 6.45) is 7.04. The van der Waals surface area contributed by atoms with E-state index in [-0.39, 0.29) is 23.5 Å². The normalized spacial score (nSPS) is 16.2. The van der Waals surface area contributed by atoms with Gasteiger partial charge in [-0.3, -0.25) is 9.78 Å². The van der Waals surface area contributed by atoms with Crippen molar-refractivity contribution in [3.8, 4) is 11.1 Å². The smallest absolute Gasteiger partial charge is 0.410 e. The van der Waals surface area contributed by atoms with Crippen molar-refractivity contribution in [2.75, 3.05) is 13.1 Å². The molecule has 208 valence electrons. The lowest BCUT2D eigenvalue weighted by Crippen LogP contribution is -2.42. The van der Waals surface area contributed by atoms with Gasteiger partial charge >= 0.3 is 6.09 Å². The zero-order valence-electron chi connectivity index (χ0n) is 24.1. The molecular formula is C30H40N6O3. The van der Waals surface area contributed by atoms with Crippen LogP contribution in [0.25, 0.3) is 11.1 Å². The molecule has 1 aliphatic rings. The first-order valence-corrected chi connectivity index (χ1v) is 13.5. The fourth-order valence-corrected chi connectivity index (χ4v) is 4.74. The van der Waals surface area contributed by atoms with Crippen molar-refractivity contribution in [2.24, 2.45) is 0 Å². The SMILES string of the molecule is Cc1cc(-c2ccncc2C2CCCN(C(=O)OC(C)(C)C)C2)ccc1CNC(=O)c1cn(C(C)(C)C)nn1. The Balaban J connectivity index is 1.47. The first-order chi connectivity index (χ1) is 18.3. The second-order valence-electron chi connectivity index (χ2n) is 12.3. The summed E-state index contributed by atoms with van der Waals surface area (Å²) in [6, 6.07) is 8.31. The molecular weight excluding hydrogens is 492 g/mol. The van der Waals surface area contributed by atoms with Gasteiger partial charge in [-0.2, -0.15) is 0 Å². The molecule has 1 atom stereocenters. The van der Waals surface area contributed by atoms with Gasteiger partial charge in [-0.25, -0.2) is 9.48 Å². The fourth-order valence-electron chi connectivity index (χ4n) is 4.74. The first kappa shape index (κ1) is 28.3. The number of aromatic nitrogens is 4. The average Bonchev–Trinajstić information content (AvgIpc) is 3.38. The predicted molar refractivity (Wildman–Crippen MR) is 150 cm³/mol. The van der Waals surface area contributed by atoms with E-state index in [1.807, 2.05) is 71.8 Å². The molecule has 3 heterocycles. The minimum atomic E-state index is -0.521. The summed E-state index contributed by atoms with van der Waals surface area (Å²) in [6.45, 7) is 15.4. The van der Waals surface area contributed by atoms with Gasteiger partial charge in [-0.05, 0) is 95.2 Å². The van der Waals surface area contributed by atoms with E-state index in [1.165, 1.54) is 0 Å². The van der Waals surface area contributed by atoms with E-state index < -0.39 is 5.60 Å². The summed E-state index contributed by atoms with van der Waals surface area (Å²) >= 11 is 0. The predicted octanol–water partition coefficient (Wildman–Crippen LogP) is 5.45. The van der Waals surface area contributed by atoms with Gasteiger partial charge in [0.1, 0.15) is 5.60 Å². The Morgan fingerprint density at radius 1 is 1.13 bits per heavy atom. The molecule has 1 N–H and O–H groups in total. The van der Waals surface area contributed by atoms with E-state index in [0.29, 0.717) is 25.3 Å². The number of benzene rings is 1. The summed E-state index contributed by atoms with van der Waals surface area (Å²) in [5.41, 5.74) is 4.97. The number of carbonyl (C=O) groups is 2. The second-order valence-corrected chi connectivity index (χ2v) is 12.3. The Hall–Kier alpha value is -3.75. The Morgan fingerprint density at radius 3 is 2.56 bits per heavy atom. The minimum Gasteiger partial charge on any atom is -0.444 e. The molecule has 1 fully saturated rings. The lowest BCUT2D eigenvalue weighted by atomic mass is 9.86. The van der Waals surface area contributed by atoms with Crippen LogP contribution in [0.3, 0.4) is 0 Å². The molecule has 1 saturated heterocycles. The first-order valence-electron chi connectivity index (χ1n) is 13.5. The number of hydrogen-bond donors (Lipinski definition) is 1. The van der Waals surface area contributed by atoms with Crippen LogP contribution in [-0.2, 0) is 16.8 Å². The van der Waals surface area contributed by atoms with Gasteiger partial charge in [0.2, 0.25) is 0 Å². The highest BCUT2D eigenvalue weighted by atomic mass is 16.6. The fraction of sp³-hybridized carbons (Fsp3) is 0.500. The van der Waals surface area contributed by atoms with Crippen molar-refractivity contribution in [1.29, 1.82) is 0 Å². The van der Waals surface area contributed by atoms with Crippen LogP contribution in [0, 0.1) is 6.92 Å². The Kier molecular flexibility index (Phi) is 8.09. The van der Waals surface area contributed by atoms with E-state index in [9.17, 15) is 9.59 Å². The van der Waals surface area contributed by atoms with Crippen LogP contribution >= 0.6 is 0 Å². The third-order valence-corrected chi connectivity index (χ3v) is 6.87. The molecule has 1 unspecified atom stereocenters. The van der Waals surface area contributed by atoms with Crippen LogP contribution in [-0.4, -0.2) is 55.6 Å². The minimum absolute atomic E-state index is 0.177. The van der Waals surface area contributed by atoms with Gasteiger partial charge in [0, 0.05) is 37.9 Å². The van der Waals surface area contributed by atoms with Gasteiger partial charge < -0.3 is 15.0 Å². The molecule has 1 aliphatic heterocycles. The standard InChI is InChI=1S/C30H40N6O3/c1-20-15-21(10-11-22(20)16-32-27(37)26-19-36(34-33-26)29(2,3)4)24-12-13-31-17-25(24)23-9-8-14-35(18-23)28(38)39-30(5,6)7/h10-13,15,17,19,23H,8-9,14,16,18H2,1-7H3,(H,32,37). The van der Waals surface area contributed by atoms with E-state index in [1.54, 1.807) is 10.9 Å². The monoisotopic (exact) mass is 532 g/mol. The van der Waals surface area contributed by atoms with E-state index >= 15 is 0 Å². The third-order valence-electron chi connectivity index (χ3n) is 6.87. The maximum atomic E-state index is 12.7. The third kappa shape index (κ3) is 7.02. The number of nitrogens with one attached hydrogen (secondary N) is 1. The highest BCUT2D eigenvalue weighted by Gasteiger charge is 2.29. The molecule has 3 aromatic rings. The van der Waals surface area contributed by atoms with Crippen molar-refractivity contribution < 1.29 is 14.3 Å². The Morgan fingerprint density at radius 2 is 1.90 bits per heavy atom. The van der Waals surface area contributed by atoms with E-state index in [4.69, 9.17) is 4.74 Å². The van der Waals surface area contributed by atoms with Crippen molar-refractivity contribution in [1.82, 2.24) is 30.2 Å². The zero-order chi connectivity index (χ0) is 28.4. The lowest BCUT2D eigenvalue weighted by Gasteiger charge is -2.34. The molecule has 0 spiro atoms. The Labute approximate surface area is 231 Å².